The van der Waals surface area contributed by atoms with Crippen molar-refractivity contribution in [2.24, 2.45) is 0 Å². The number of rotatable bonds is 2. The fraction of sp³-hybridized carbons (Fsp3) is 0.455. The van der Waals surface area contributed by atoms with Crippen LogP contribution in [0.25, 0.3) is 11.2 Å². The van der Waals surface area contributed by atoms with Crippen molar-refractivity contribution in [1.29, 1.82) is 0 Å². The number of fused-ring (bicyclic) bond motifs is 1. The van der Waals surface area contributed by atoms with Crippen molar-refractivity contribution in [2.75, 3.05) is 13.7 Å². The maximum absolute atomic E-state index is 5.65. The van der Waals surface area contributed by atoms with E-state index in [1.807, 2.05) is 12.1 Å². The van der Waals surface area contributed by atoms with Crippen LogP contribution >= 0.6 is 0 Å². The number of methoxy groups -OCH3 is 1. The number of aromatic nitrogens is 2. The molecule has 3 heterocycles. The third kappa shape index (κ3) is 1.58. The first-order chi connectivity index (χ1) is 7.86. The summed E-state index contributed by atoms with van der Waals surface area (Å²) in [6.07, 6.45) is 2.85. The highest BCUT2D eigenvalue weighted by atomic mass is 16.5. The Labute approximate surface area is 92.8 Å². The topological polar surface area (TPSA) is 60.2 Å². The van der Waals surface area contributed by atoms with Crippen molar-refractivity contribution in [3.8, 4) is 0 Å². The Balaban J connectivity index is 1.89. The molecule has 2 atom stereocenters. The first-order valence-corrected chi connectivity index (χ1v) is 5.34. The van der Waals surface area contributed by atoms with Crippen LogP contribution in [0, 0.1) is 0 Å². The molecule has 1 aliphatic rings. The Bertz CT molecular complexity index is 464. The lowest BCUT2D eigenvalue weighted by Gasteiger charge is -2.04. The minimum Gasteiger partial charge on any atom is -0.437 e. The lowest BCUT2D eigenvalue weighted by Crippen LogP contribution is -2.16. The molecule has 0 amide bonds. The van der Waals surface area contributed by atoms with Crippen LogP contribution in [-0.4, -0.2) is 29.7 Å². The Morgan fingerprint density at radius 2 is 2.50 bits per heavy atom. The van der Waals surface area contributed by atoms with Crippen LogP contribution in [0.15, 0.2) is 22.7 Å². The van der Waals surface area contributed by atoms with E-state index in [2.05, 4.69) is 15.3 Å². The van der Waals surface area contributed by atoms with Gasteiger partial charge in [0.15, 0.2) is 11.2 Å². The van der Waals surface area contributed by atoms with E-state index in [1.54, 1.807) is 13.3 Å². The molecule has 84 valence electrons. The fourth-order valence-electron chi connectivity index (χ4n) is 2.01. The van der Waals surface area contributed by atoms with Crippen molar-refractivity contribution in [3.05, 3.63) is 24.2 Å². The number of oxazole rings is 1. The van der Waals surface area contributed by atoms with E-state index in [4.69, 9.17) is 9.15 Å². The van der Waals surface area contributed by atoms with E-state index in [0.717, 1.165) is 18.5 Å². The quantitative estimate of drug-likeness (QED) is 0.824. The first kappa shape index (κ1) is 9.74. The maximum Gasteiger partial charge on any atom is 0.214 e. The highest BCUT2D eigenvalue weighted by molar-refractivity contribution is 5.66. The van der Waals surface area contributed by atoms with Gasteiger partial charge in [0, 0.05) is 19.9 Å². The molecule has 0 spiro atoms. The van der Waals surface area contributed by atoms with Crippen LogP contribution < -0.4 is 5.32 Å². The molecule has 1 N–H and O–H groups in total. The Hall–Kier alpha value is -1.46. The zero-order valence-electron chi connectivity index (χ0n) is 9.01. The maximum atomic E-state index is 5.65. The summed E-state index contributed by atoms with van der Waals surface area (Å²) in [5, 5.41) is 3.33. The second kappa shape index (κ2) is 3.84. The second-order valence-electron chi connectivity index (χ2n) is 3.93. The molecule has 1 fully saturated rings. The molecule has 0 radical (unpaired) electrons. The minimum absolute atomic E-state index is 0.138. The molecule has 0 saturated carbocycles. The average molecular weight is 219 g/mol. The summed E-state index contributed by atoms with van der Waals surface area (Å²) in [4.78, 5) is 8.52. The van der Waals surface area contributed by atoms with Gasteiger partial charge in [0.25, 0.3) is 0 Å². The molecule has 2 unspecified atom stereocenters. The molecule has 5 heteroatoms. The van der Waals surface area contributed by atoms with Gasteiger partial charge in [-0.2, -0.15) is 4.98 Å². The van der Waals surface area contributed by atoms with Crippen molar-refractivity contribution >= 4 is 11.2 Å². The third-order valence-electron chi connectivity index (χ3n) is 2.90. The predicted octanol–water partition coefficient (Wildman–Crippen LogP) is 1.27. The summed E-state index contributed by atoms with van der Waals surface area (Å²) in [6.45, 7) is 0.841. The van der Waals surface area contributed by atoms with E-state index in [1.165, 1.54) is 0 Å². The normalized spacial score (nSPS) is 25.3. The van der Waals surface area contributed by atoms with Gasteiger partial charge < -0.3 is 14.5 Å². The molecule has 1 aliphatic heterocycles. The molecular formula is C11H13N3O2. The number of hydrogen-bond acceptors (Lipinski definition) is 5. The molecule has 2 aromatic rings. The summed E-state index contributed by atoms with van der Waals surface area (Å²) in [5.74, 6) is 0.702. The lowest BCUT2D eigenvalue weighted by atomic mass is 10.2. The standard InChI is InChI=1S/C11H13N3O2/c1-15-7-5-8(13-6-7)11-14-10-9(16-11)3-2-4-12-10/h2-4,7-8,13H,5-6H2,1H3. The highest BCUT2D eigenvalue weighted by Crippen LogP contribution is 2.26. The van der Waals surface area contributed by atoms with Crippen molar-refractivity contribution in [1.82, 2.24) is 15.3 Å². The fourth-order valence-corrected chi connectivity index (χ4v) is 2.01. The Morgan fingerprint density at radius 3 is 3.25 bits per heavy atom. The molecule has 0 aliphatic carbocycles. The molecule has 1 saturated heterocycles. The van der Waals surface area contributed by atoms with Crippen LogP contribution in [-0.2, 0) is 4.74 Å². The number of hydrogen-bond donors (Lipinski definition) is 1. The van der Waals surface area contributed by atoms with E-state index in [9.17, 15) is 0 Å². The Morgan fingerprint density at radius 1 is 1.56 bits per heavy atom. The molecule has 5 nitrogen and oxygen atoms in total. The molecule has 2 aromatic heterocycles. The van der Waals surface area contributed by atoms with Crippen molar-refractivity contribution < 1.29 is 9.15 Å². The van der Waals surface area contributed by atoms with Crippen molar-refractivity contribution in [2.45, 2.75) is 18.6 Å². The smallest absolute Gasteiger partial charge is 0.214 e. The lowest BCUT2D eigenvalue weighted by molar-refractivity contribution is 0.116. The SMILES string of the molecule is COC1CNC(c2nc3ncccc3o2)C1. The highest BCUT2D eigenvalue weighted by Gasteiger charge is 2.28. The summed E-state index contributed by atoms with van der Waals surface area (Å²) in [5.41, 5.74) is 1.40. The predicted molar refractivity (Wildman–Crippen MR) is 58.0 cm³/mol. The summed E-state index contributed by atoms with van der Waals surface area (Å²) >= 11 is 0. The minimum atomic E-state index is 0.138. The van der Waals surface area contributed by atoms with E-state index < -0.39 is 0 Å². The van der Waals surface area contributed by atoms with Gasteiger partial charge in [-0.3, -0.25) is 0 Å². The van der Waals surface area contributed by atoms with Gasteiger partial charge in [0.2, 0.25) is 5.89 Å². The zero-order chi connectivity index (χ0) is 11.0. The molecule has 16 heavy (non-hydrogen) atoms. The zero-order valence-corrected chi connectivity index (χ0v) is 9.01. The van der Waals surface area contributed by atoms with Crippen molar-refractivity contribution in [3.63, 3.8) is 0 Å². The Kier molecular flexibility index (Phi) is 2.34. The van der Waals surface area contributed by atoms with Gasteiger partial charge in [-0.25, -0.2) is 4.98 Å². The number of ether oxygens (including phenoxy) is 1. The van der Waals surface area contributed by atoms with E-state index >= 15 is 0 Å². The summed E-state index contributed by atoms with van der Waals surface area (Å²) in [7, 11) is 1.72. The van der Waals surface area contributed by atoms with Crippen LogP contribution in [0.5, 0.6) is 0 Å². The largest absolute Gasteiger partial charge is 0.437 e. The van der Waals surface area contributed by atoms with Crippen LogP contribution in [0.4, 0.5) is 0 Å². The number of nitrogens with zero attached hydrogens (tertiary/aromatic N) is 2. The van der Waals surface area contributed by atoms with E-state index in [0.29, 0.717) is 11.5 Å². The van der Waals surface area contributed by atoms with Gasteiger partial charge in [-0.1, -0.05) is 0 Å². The van der Waals surface area contributed by atoms with Gasteiger partial charge >= 0.3 is 0 Å². The van der Waals surface area contributed by atoms with Gasteiger partial charge in [-0.05, 0) is 18.6 Å². The van der Waals surface area contributed by atoms with Crippen LogP contribution in [0.2, 0.25) is 0 Å². The third-order valence-corrected chi connectivity index (χ3v) is 2.90. The molecule has 3 rings (SSSR count). The first-order valence-electron chi connectivity index (χ1n) is 5.34. The van der Waals surface area contributed by atoms with Gasteiger partial charge in [0.05, 0.1) is 12.1 Å². The molecule has 0 aromatic carbocycles. The van der Waals surface area contributed by atoms with Crippen LogP contribution in [0.3, 0.4) is 0 Å². The van der Waals surface area contributed by atoms with Crippen LogP contribution in [0.1, 0.15) is 18.4 Å². The summed E-state index contributed by atoms with van der Waals surface area (Å²) < 4.78 is 10.9. The number of pyridine rings is 1. The number of nitrogens with one attached hydrogen (secondary N) is 1. The average Bonchev–Trinajstić information content (AvgIpc) is 2.95. The monoisotopic (exact) mass is 219 g/mol. The molecular weight excluding hydrogens is 206 g/mol. The second-order valence-corrected chi connectivity index (χ2v) is 3.93. The summed E-state index contributed by atoms with van der Waals surface area (Å²) in [6, 6.07) is 3.86. The van der Waals surface area contributed by atoms with E-state index in [-0.39, 0.29) is 12.1 Å². The molecule has 0 bridgehead atoms. The van der Waals surface area contributed by atoms with Gasteiger partial charge in [-0.15, -0.1) is 0 Å². The van der Waals surface area contributed by atoms with Gasteiger partial charge in [0.1, 0.15) is 0 Å².